The normalized spacial score (nSPS) is 16.0. The van der Waals surface area contributed by atoms with E-state index in [1.807, 2.05) is 54.6 Å². The van der Waals surface area contributed by atoms with E-state index in [2.05, 4.69) is 10.6 Å². The van der Waals surface area contributed by atoms with Gasteiger partial charge >= 0.3 is 5.97 Å². The summed E-state index contributed by atoms with van der Waals surface area (Å²) in [5.41, 5.74) is 0.614. The van der Waals surface area contributed by atoms with Gasteiger partial charge in [-0.25, -0.2) is 4.79 Å². The van der Waals surface area contributed by atoms with Gasteiger partial charge in [-0.1, -0.05) is 30.3 Å². The van der Waals surface area contributed by atoms with Crippen molar-refractivity contribution >= 4 is 23.5 Å². The van der Waals surface area contributed by atoms with Crippen molar-refractivity contribution in [2.45, 2.75) is 37.8 Å². The summed E-state index contributed by atoms with van der Waals surface area (Å²) in [6, 6.07) is 29.5. The topological polar surface area (TPSA) is 123 Å². The van der Waals surface area contributed by atoms with E-state index in [4.69, 9.17) is 14.2 Å². The molecule has 1 aliphatic rings. The average molecular weight is 581 g/mol. The summed E-state index contributed by atoms with van der Waals surface area (Å²) in [6.45, 7) is -0.00203. The number of amides is 2. The van der Waals surface area contributed by atoms with Gasteiger partial charge in [-0.2, -0.15) is 0 Å². The molecule has 3 N–H and O–H groups in total. The molecule has 1 aliphatic carbocycles. The van der Waals surface area contributed by atoms with Crippen LogP contribution in [0.5, 0.6) is 23.0 Å². The molecular weight excluding hydrogens is 548 g/mol. The van der Waals surface area contributed by atoms with E-state index in [1.54, 1.807) is 42.5 Å². The molecule has 0 bridgehead atoms. The number of anilines is 1. The van der Waals surface area contributed by atoms with Crippen molar-refractivity contribution in [2.24, 2.45) is 0 Å². The third-order valence-corrected chi connectivity index (χ3v) is 7.04. The number of rotatable bonds is 11. The highest BCUT2D eigenvalue weighted by Crippen LogP contribution is 2.28. The zero-order chi connectivity index (χ0) is 30.0. The molecule has 0 saturated heterocycles. The lowest BCUT2D eigenvalue weighted by atomic mass is 9.93. The molecule has 43 heavy (non-hydrogen) atoms. The Hall–Kier alpha value is -5.31. The van der Waals surface area contributed by atoms with Gasteiger partial charge in [0.1, 0.15) is 23.0 Å². The van der Waals surface area contributed by atoms with Crippen LogP contribution in [0.25, 0.3) is 0 Å². The lowest BCUT2D eigenvalue weighted by Crippen LogP contribution is -2.41. The molecule has 1 saturated carbocycles. The number of carboxylic acid groups (broad SMARTS) is 1. The third-order valence-electron chi connectivity index (χ3n) is 7.04. The van der Waals surface area contributed by atoms with E-state index in [1.165, 1.54) is 6.07 Å². The van der Waals surface area contributed by atoms with Crippen molar-refractivity contribution in [2.75, 3.05) is 11.9 Å². The van der Waals surface area contributed by atoms with Crippen LogP contribution < -0.4 is 24.8 Å². The maximum Gasteiger partial charge on any atom is 0.337 e. The van der Waals surface area contributed by atoms with Crippen LogP contribution in [0.15, 0.2) is 103 Å². The molecular formula is C34H32N2O7. The fourth-order valence-electron chi connectivity index (χ4n) is 4.82. The highest BCUT2D eigenvalue weighted by Gasteiger charge is 2.24. The van der Waals surface area contributed by atoms with Gasteiger partial charge in [-0.05, 0) is 98.5 Å². The SMILES string of the molecule is O=C(COc1ccccc1)NC1CCC(Oc2ccc(Oc3ccc(C(=O)Nc4ccccc4C(=O)O)cc3)cc2)CC1. The molecule has 4 aromatic carbocycles. The van der Waals surface area contributed by atoms with E-state index in [0.717, 1.165) is 31.4 Å². The van der Waals surface area contributed by atoms with Crippen molar-refractivity contribution in [3.8, 4) is 23.0 Å². The summed E-state index contributed by atoms with van der Waals surface area (Å²) in [7, 11) is 0. The molecule has 2 amide bonds. The minimum atomic E-state index is -1.12. The Labute approximate surface area is 249 Å². The summed E-state index contributed by atoms with van der Waals surface area (Å²) in [5.74, 6) is 0.916. The Balaban J connectivity index is 1.05. The van der Waals surface area contributed by atoms with Crippen molar-refractivity contribution in [1.82, 2.24) is 5.32 Å². The minimum absolute atomic E-state index is 0.00203. The molecule has 0 aliphatic heterocycles. The van der Waals surface area contributed by atoms with Crippen molar-refractivity contribution < 1.29 is 33.7 Å². The van der Waals surface area contributed by atoms with Crippen LogP contribution in [0.4, 0.5) is 5.69 Å². The average Bonchev–Trinajstić information content (AvgIpc) is 3.03. The number of carbonyl (C=O) groups excluding carboxylic acids is 2. The van der Waals surface area contributed by atoms with E-state index in [-0.39, 0.29) is 35.9 Å². The fourth-order valence-corrected chi connectivity index (χ4v) is 4.82. The Morgan fingerprint density at radius 1 is 0.698 bits per heavy atom. The molecule has 9 nitrogen and oxygen atoms in total. The smallest absolute Gasteiger partial charge is 0.337 e. The van der Waals surface area contributed by atoms with E-state index < -0.39 is 11.9 Å². The van der Waals surface area contributed by atoms with Crippen LogP contribution in [0.1, 0.15) is 46.4 Å². The Bertz CT molecular complexity index is 1530. The maximum absolute atomic E-state index is 12.6. The first kappa shape index (κ1) is 29.2. The van der Waals surface area contributed by atoms with Crippen LogP contribution in [-0.4, -0.2) is 41.6 Å². The number of para-hydroxylation sites is 2. The number of benzene rings is 4. The number of carbonyl (C=O) groups is 3. The first-order chi connectivity index (χ1) is 20.9. The number of aromatic carboxylic acids is 1. The van der Waals surface area contributed by atoms with Crippen LogP contribution in [0.3, 0.4) is 0 Å². The predicted octanol–water partition coefficient (Wildman–Crippen LogP) is 6.31. The Morgan fingerprint density at radius 2 is 1.30 bits per heavy atom. The quantitative estimate of drug-likeness (QED) is 0.190. The Morgan fingerprint density at radius 3 is 1.98 bits per heavy atom. The second kappa shape index (κ2) is 14.0. The van der Waals surface area contributed by atoms with Crippen LogP contribution in [-0.2, 0) is 4.79 Å². The number of ether oxygens (including phenoxy) is 3. The van der Waals surface area contributed by atoms with Crippen molar-refractivity contribution in [3.05, 3.63) is 114 Å². The number of hydrogen-bond donors (Lipinski definition) is 3. The number of carboxylic acids is 1. The highest BCUT2D eigenvalue weighted by molar-refractivity contribution is 6.07. The number of hydrogen-bond acceptors (Lipinski definition) is 6. The number of nitrogens with one attached hydrogen (secondary N) is 2. The second-order valence-corrected chi connectivity index (χ2v) is 10.2. The van der Waals surface area contributed by atoms with Crippen LogP contribution >= 0.6 is 0 Å². The highest BCUT2D eigenvalue weighted by atomic mass is 16.5. The van der Waals surface area contributed by atoms with Gasteiger partial charge in [0.2, 0.25) is 0 Å². The molecule has 0 aromatic heterocycles. The van der Waals surface area contributed by atoms with Crippen LogP contribution in [0.2, 0.25) is 0 Å². The molecule has 0 spiro atoms. The molecule has 0 radical (unpaired) electrons. The summed E-state index contributed by atoms with van der Waals surface area (Å²) in [5, 5.41) is 15.0. The van der Waals surface area contributed by atoms with E-state index in [0.29, 0.717) is 22.8 Å². The molecule has 0 heterocycles. The molecule has 1 fully saturated rings. The molecule has 220 valence electrons. The molecule has 0 atom stereocenters. The summed E-state index contributed by atoms with van der Waals surface area (Å²) in [4.78, 5) is 36.3. The van der Waals surface area contributed by atoms with Crippen molar-refractivity contribution in [3.63, 3.8) is 0 Å². The lowest BCUT2D eigenvalue weighted by molar-refractivity contribution is -0.124. The third kappa shape index (κ3) is 8.36. The van der Waals surface area contributed by atoms with Gasteiger partial charge in [-0.3, -0.25) is 9.59 Å². The van der Waals surface area contributed by atoms with E-state index >= 15 is 0 Å². The fraction of sp³-hybridized carbons (Fsp3) is 0.206. The van der Waals surface area contributed by atoms with Gasteiger partial charge in [-0.15, -0.1) is 0 Å². The van der Waals surface area contributed by atoms with Gasteiger partial charge in [0, 0.05) is 11.6 Å². The minimum Gasteiger partial charge on any atom is -0.490 e. The molecule has 0 unspecified atom stereocenters. The van der Waals surface area contributed by atoms with Gasteiger partial charge in [0.05, 0.1) is 17.4 Å². The maximum atomic E-state index is 12.6. The monoisotopic (exact) mass is 580 g/mol. The zero-order valence-corrected chi connectivity index (χ0v) is 23.4. The summed E-state index contributed by atoms with van der Waals surface area (Å²) in [6.07, 6.45) is 3.42. The predicted molar refractivity (Wildman–Crippen MR) is 161 cm³/mol. The zero-order valence-electron chi connectivity index (χ0n) is 23.4. The largest absolute Gasteiger partial charge is 0.490 e. The summed E-state index contributed by atoms with van der Waals surface area (Å²) < 4.78 is 17.6. The van der Waals surface area contributed by atoms with Gasteiger partial charge in [0.25, 0.3) is 11.8 Å². The van der Waals surface area contributed by atoms with Crippen molar-refractivity contribution in [1.29, 1.82) is 0 Å². The van der Waals surface area contributed by atoms with Crippen LogP contribution in [0, 0.1) is 0 Å². The lowest BCUT2D eigenvalue weighted by Gasteiger charge is -2.29. The van der Waals surface area contributed by atoms with Gasteiger partial charge < -0.3 is 30.0 Å². The molecule has 9 heteroatoms. The standard InChI is InChI=1S/C34H32N2O7/c37-32(22-41-25-6-2-1-3-7-25)35-24-12-16-27(17-13-24)43-29-20-18-28(19-21-29)42-26-14-10-23(11-15-26)33(38)36-31-9-5-4-8-30(31)34(39)40/h1-11,14-15,18-21,24,27H,12-13,16-17,22H2,(H,35,37)(H,36,38)(H,39,40). The molecule has 4 aromatic rings. The second-order valence-electron chi connectivity index (χ2n) is 10.2. The first-order valence-corrected chi connectivity index (χ1v) is 14.1. The van der Waals surface area contributed by atoms with E-state index in [9.17, 15) is 19.5 Å². The summed E-state index contributed by atoms with van der Waals surface area (Å²) >= 11 is 0. The Kier molecular flexibility index (Phi) is 9.53. The van der Waals surface area contributed by atoms with Gasteiger partial charge in [0.15, 0.2) is 6.61 Å². The first-order valence-electron chi connectivity index (χ1n) is 14.1. The molecule has 5 rings (SSSR count).